The van der Waals surface area contributed by atoms with Crippen LogP contribution in [0.25, 0.3) is 0 Å². The van der Waals surface area contributed by atoms with Crippen molar-refractivity contribution in [2.75, 3.05) is 20.3 Å². The molecular weight excluding hydrogens is 324 g/mol. The van der Waals surface area contributed by atoms with Gasteiger partial charge in [-0.3, -0.25) is 14.9 Å². The Labute approximate surface area is 147 Å². The third kappa shape index (κ3) is 3.86. The number of nitro benzene ring substituents is 1. The summed E-state index contributed by atoms with van der Waals surface area (Å²) in [5.74, 6) is 0.992. The van der Waals surface area contributed by atoms with Crippen LogP contribution >= 0.6 is 0 Å². The topological polar surface area (TPSA) is 81.9 Å². The molecule has 0 N–H and O–H groups in total. The quantitative estimate of drug-likeness (QED) is 0.603. The Balaban J connectivity index is 1.66. The first-order valence-electron chi connectivity index (χ1n) is 8.85. The molecule has 1 aromatic carbocycles. The Hall–Kier alpha value is -2.31. The first kappa shape index (κ1) is 17.5. The third-order valence-corrected chi connectivity index (χ3v) is 5.28. The molecule has 2 aliphatic rings. The molecule has 2 atom stereocenters. The minimum atomic E-state index is -0.527. The predicted molar refractivity (Wildman–Crippen MR) is 91.8 cm³/mol. The van der Waals surface area contributed by atoms with E-state index in [4.69, 9.17) is 9.47 Å². The van der Waals surface area contributed by atoms with Gasteiger partial charge in [0.25, 0.3) is 5.91 Å². The van der Waals surface area contributed by atoms with E-state index in [9.17, 15) is 14.9 Å². The molecule has 1 aromatic rings. The van der Waals surface area contributed by atoms with E-state index < -0.39 is 4.92 Å². The van der Waals surface area contributed by atoms with Gasteiger partial charge in [0.15, 0.2) is 12.4 Å². The Morgan fingerprint density at radius 1 is 1.28 bits per heavy atom. The lowest BCUT2D eigenvalue weighted by atomic mass is 9.78. The second kappa shape index (κ2) is 7.72. The van der Waals surface area contributed by atoms with E-state index in [0.717, 1.165) is 25.8 Å². The second-order valence-electron chi connectivity index (χ2n) is 6.72. The van der Waals surface area contributed by atoms with Crippen LogP contribution in [0.4, 0.5) is 5.69 Å². The maximum atomic E-state index is 12.6. The fraction of sp³-hybridized carbons (Fsp3) is 0.611. The minimum Gasteiger partial charge on any atom is -0.496 e. The van der Waals surface area contributed by atoms with Gasteiger partial charge in [0.05, 0.1) is 18.1 Å². The molecule has 1 saturated heterocycles. The van der Waals surface area contributed by atoms with Crippen molar-refractivity contribution in [2.45, 2.75) is 44.6 Å². The molecule has 0 spiro atoms. The molecule has 1 amide bonds. The molecule has 1 heterocycles. The van der Waals surface area contributed by atoms with Crippen LogP contribution in [0.2, 0.25) is 0 Å². The van der Waals surface area contributed by atoms with Gasteiger partial charge in [-0.25, -0.2) is 0 Å². The SMILES string of the molecule is COc1ccc(OCC(=O)N2CCCC3CCCCC32)c([N+](=O)[O-])c1. The van der Waals surface area contributed by atoms with Crippen LogP contribution in [-0.4, -0.2) is 42.0 Å². The molecule has 0 radical (unpaired) electrons. The Morgan fingerprint density at radius 3 is 2.80 bits per heavy atom. The summed E-state index contributed by atoms with van der Waals surface area (Å²) in [6.07, 6.45) is 6.88. The summed E-state index contributed by atoms with van der Waals surface area (Å²) in [5.41, 5.74) is -0.193. The van der Waals surface area contributed by atoms with Gasteiger partial charge in [0.1, 0.15) is 5.75 Å². The van der Waals surface area contributed by atoms with E-state index in [-0.39, 0.29) is 24.0 Å². The van der Waals surface area contributed by atoms with Crippen LogP contribution in [0.5, 0.6) is 11.5 Å². The maximum absolute atomic E-state index is 12.6. The number of likely N-dealkylation sites (tertiary alicyclic amines) is 1. The highest BCUT2D eigenvalue weighted by Crippen LogP contribution is 2.35. The Bertz CT molecular complexity index is 646. The van der Waals surface area contributed by atoms with Gasteiger partial charge in [-0.2, -0.15) is 0 Å². The molecule has 0 aromatic heterocycles. The molecule has 136 valence electrons. The van der Waals surface area contributed by atoms with E-state index in [1.54, 1.807) is 6.07 Å². The number of nitro groups is 1. The molecule has 1 aliphatic heterocycles. The van der Waals surface area contributed by atoms with Gasteiger partial charge < -0.3 is 14.4 Å². The van der Waals surface area contributed by atoms with E-state index in [0.29, 0.717) is 17.7 Å². The number of rotatable bonds is 5. The predicted octanol–water partition coefficient (Wildman–Crippen LogP) is 3.16. The van der Waals surface area contributed by atoms with Gasteiger partial charge in [-0.1, -0.05) is 12.8 Å². The molecule has 0 bridgehead atoms. The number of hydrogen-bond donors (Lipinski definition) is 0. The van der Waals surface area contributed by atoms with Crippen molar-refractivity contribution in [3.8, 4) is 11.5 Å². The monoisotopic (exact) mass is 348 g/mol. The summed E-state index contributed by atoms with van der Waals surface area (Å²) in [5, 5.41) is 11.2. The number of piperidine rings is 1. The molecule has 3 rings (SSSR count). The summed E-state index contributed by atoms with van der Waals surface area (Å²) in [6.45, 7) is 0.588. The van der Waals surface area contributed by atoms with Crippen LogP contribution in [0.3, 0.4) is 0 Å². The lowest BCUT2D eigenvalue weighted by molar-refractivity contribution is -0.385. The highest BCUT2D eigenvalue weighted by molar-refractivity contribution is 5.78. The lowest BCUT2D eigenvalue weighted by Gasteiger charge is -2.44. The maximum Gasteiger partial charge on any atom is 0.314 e. The number of carbonyl (C=O) groups is 1. The average molecular weight is 348 g/mol. The van der Waals surface area contributed by atoms with E-state index >= 15 is 0 Å². The zero-order valence-corrected chi connectivity index (χ0v) is 14.5. The van der Waals surface area contributed by atoms with Crippen molar-refractivity contribution in [3.05, 3.63) is 28.3 Å². The van der Waals surface area contributed by atoms with Crippen LogP contribution in [0.1, 0.15) is 38.5 Å². The first-order chi connectivity index (χ1) is 12.1. The number of methoxy groups -OCH3 is 1. The van der Waals surface area contributed by atoms with Gasteiger partial charge in [0.2, 0.25) is 0 Å². The van der Waals surface area contributed by atoms with Gasteiger partial charge in [-0.15, -0.1) is 0 Å². The molecule has 7 nitrogen and oxygen atoms in total. The van der Waals surface area contributed by atoms with E-state index in [2.05, 4.69) is 0 Å². The standard InChI is InChI=1S/C18H24N2O5/c1-24-14-8-9-17(16(11-14)20(22)23)25-12-18(21)19-10-4-6-13-5-2-3-7-15(13)19/h8-9,11,13,15H,2-7,10,12H2,1H3. The first-order valence-corrected chi connectivity index (χ1v) is 8.85. The number of hydrogen-bond acceptors (Lipinski definition) is 5. The van der Waals surface area contributed by atoms with Crippen molar-refractivity contribution >= 4 is 11.6 Å². The number of nitrogens with zero attached hydrogens (tertiary/aromatic N) is 2. The molecule has 1 saturated carbocycles. The van der Waals surface area contributed by atoms with E-state index in [1.165, 1.54) is 38.5 Å². The number of amides is 1. The van der Waals surface area contributed by atoms with Gasteiger partial charge >= 0.3 is 5.69 Å². The molecule has 25 heavy (non-hydrogen) atoms. The van der Waals surface area contributed by atoms with Crippen molar-refractivity contribution < 1.29 is 19.2 Å². The van der Waals surface area contributed by atoms with Gasteiger partial charge in [0, 0.05) is 12.6 Å². The summed E-state index contributed by atoms with van der Waals surface area (Å²) < 4.78 is 10.5. The zero-order chi connectivity index (χ0) is 17.8. The molecule has 1 aliphatic carbocycles. The summed E-state index contributed by atoms with van der Waals surface area (Å²) >= 11 is 0. The van der Waals surface area contributed by atoms with Crippen molar-refractivity contribution in [1.29, 1.82) is 0 Å². The normalized spacial score (nSPS) is 22.8. The van der Waals surface area contributed by atoms with Crippen LogP contribution in [-0.2, 0) is 4.79 Å². The number of ether oxygens (including phenoxy) is 2. The Kier molecular flexibility index (Phi) is 5.40. The Morgan fingerprint density at radius 2 is 2.04 bits per heavy atom. The highest BCUT2D eigenvalue weighted by Gasteiger charge is 2.35. The second-order valence-corrected chi connectivity index (χ2v) is 6.72. The lowest BCUT2D eigenvalue weighted by Crippen LogP contribution is -2.51. The smallest absolute Gasteiger partial charge is 0.314 e. The van der Waals surface area contributed by atoms with Crippen molar-refractivity contribution in [1.82, 2.24) is 4.90 Å². The number of benzene rings is 1. The third-order valence-electron chi connectivity index (χ3n) is 5.28. The molecule has 7 heteroatoms. The largest absolute Gasteiger partial charge is 0.496 e. The van der Waals surface area contributed by atoms with Crippen LogP contribution in [0, 0.1) is 16.0 Å². The summed E-state index contributed by atoms with van der Waals surface area (Å²) in [7, 11) is 1.44. The van der Waals surface area contributed by atoms with E-state index in [1.807, 2.05) is 4.90 Å². The fourth-order valence-electron chi connectivity index (χ4n) is 4.05. The fourth-order valence-corrected chi connectivity index (χ4v) is 4.05. The van der Waals surface area contributed by atoms with Crippen molar-refractivity contribution in [3.63, 3.8) is 0 Å². The number of fused-ring (bicyclic) bond motifs is 1. The molecule has 2 fully saturated rings. The molecular formula is C18H24N2O5. The summed E-state index contributed by atoms with van der Waals surface area (Å²) in [6, 6.07) is 4.68. The minimum absolute atomic E-state index is 0.0817. The molecule has 2 unspecified atom stereocenters. The highest BCUT2D eigenvalue weighted by atomic mass is 16.6. The average Bonchev–Trinajstić information content (AvgIpc) is 2.65. The number of carbonyl (C=O) groups excluding carboxylic acids is 1. The van der Waals surface area contributed by atoms with Crippen molar-refractivity contribution in [2.24, 2.45) is 5.92 Å². The zero-order valence-electron chi connectivity index (χ0n) is 14.5. The summed E-state index contributed by atoms with van der Waals surface area (Å²) in [4.78, 5) is 25.2. The van der Waals surface area contributed by atoms with Gasteiger partial charge in [-0.05, 0) is 43.7 Å². The van der Waals surface area contributed by atoms with Crippen LogP contribution < -0.4 is 9.47 Å². The van der Waals surface area contributed by atoms with Crippen LogP contribution in [0.15, 0.2) is 18.2 Å².